The number of amides is 2. The summed E-state index contributed by atoms with van der Waals surface area (Å²) in [5.74, 6) is 0. The first kappa shape index (κ1) is 13.5. The fourth-order valence-corrected chi connectivity index (χ4v) is 0.530. The van der Waals surface area contributed by atoms with E-state index in [-0.39, 0.29) is 26.4 Å². The Morgan fingerprint density at radius 1 is 1.07 bits per heavy atom. The summed E-state index contributed by atoms with van der Waals surface area (Å²) in [5, 5.41) is 8.30. The minimum atomic E-state index is -0.882. The third-order valence-corrected chi connectivity index (χ3v) is 1.11. The van der Waals surface area contributed by atoms with Gasteiger partial charge in [0.1, 0.15) is 13.2 Å². The summed E-state index contributed by atoms with van der Waals surface area (Å²) < 4.78 is 13.5. The standard InChI is InChI=1S/C7H14N2O6/c1-13-4-5-15-7(12)9-8-6(11)14-3-2-10/h10H,2-5H2,1H3,(H,8,11)(H,9,12). The summed E-state index contributed by atoms with van der Waals surface area (Å²) in [6.07, 6.45) is -1.71. The van der Waals surface area contributed by atoms with Crippen LogP contribution in [0.4, 0.5) is 9.59 Å². The molecule has 0 aromatic rings. The monoisotopic (exact) mass is 222 g/mol. The molecule has 88 valence electrons. The Kier molecular flexibility index (Phi) is 8.10. The normalized spacial score (nSPS) is 9.20. The number of carbonyl (C=O) groups is 2. The Morgan fingerprint density at radius 2 is 1.60 bits per heavy atom. The number of carbonyl (C=O) groups excluding carboxylic acids is 2. The summed E-state index contributed by atoms with van der Waals surface area (Å²) in [6, 6.07) is 0. The smallest absolute Gasteiger partial charge is 0.426 e. The van der Waals surface area contributed by atoms with E-state index in [9.17, 15) is 9.59 Å². The number of hydrazine groups is 1. The number of methoxy groups -OCH3 is 1. The Balaban J connectivity index is 3.40. The Bertz CT molecular complexity index is 198. The number of rotatable bonds is 5. The zero-order valence-electron chi connectivity index (χ0n) is 8.32. The van der Waals surface area contributed by atoms with E-state index in [2.05, 4.69) is 14.2 Å². The second kappa shape index (κ2) is 9.03. The van der Waals surface area contributed by atoms with E-state index in [1.54, 1.807) is 0 Å². The van der Waals surface area contributed by atoms with Crippen molar-refractivity contribution in [3.05, 3.63) is 0 Å². The molecular formula is C7H14N2O6. The first-order valence-corrected chi connectivity index (χ1v) is 4.16. The van der Waals surface area contributed by atoms with Crippen LogP contribution >= 0.6 is 0 Å². The molecule has 0 spiro atoms. The lowest BCUT2D eigenvalue weighted by molar-refractivity contribution is 0.0903. The largest absolute Gasteiger partial charge is 0.446 e. The van der Waals surface area contributed by atoms with E-state index in [0.717, 1.165) is 0 Å². The molecule has 8 nitrogen and oxygen atoms in total. The molecule has 0 bridgehead atoms. The average molecular weight is 222 g/mol. The number of hydrogen-bond donors (Lipinski definition) is 3. The molecule has 0 aliphatic heterocycles. The van der Waals surface area contributed by atoms with Crippen molar-refractivity contribution in [2.45, 2.75) is 0 Å². The van der Waals surface area contributed by atoms with E-state index < -0.39 is 12.2 Å². The van der Waals surface area contributed by atoms with Crippen LogP contribution in [0.15, 0.2) is 0 Å². The highest BCUT2D eigenvalue weighted by atomic mass is 16.6. The van der Waals surface area contributed by atoms with Crippen molar-refractivity contribution >= 4 is 12.2 Å². The second-order valence-electron chi connectivity index (χ2n) is 2.24. The molecule has 3 N–H and O–H groups in total. The third kappa shape index (κ3) is 8.78. The topological polar surface area (TPSA) is 106 Å². The molecule has 0 fully saturated rings. The lowest BCUT2D eigenvalue weighted by Crippen LogP contribution is -2.42. The second-order valence-corrected chi connectivity index (χ2v) is 2.24. The minimum absolute atomic E-state index is 0.0791. The van der Waals surface area contributed by atoms with E-state index >= 15 is 0 Å². The third-order valence-electron chi connectivity index (χ3n) is 1.11. The molecule has 2 amide bonds. The molecule has 0 rings (SSSR count). The van der Waals surface area contributed by atoms with Crippen molar-refractivity contribution in [3.8, 4) is 0 Å². The Hall–Kier alpha value is -1.54. The van der Waals surface area contributed by atoms with E-state index in [0.29, 0.717) is 0 Å². The molecule has 15 heavy (non-hydrogen) atoms. The van der Waals surface area contributed by atoms with Gasteiger partial charge in [0.25, 0.3) is 0 Å². The van der Waals surface area contributed by atoms with Crippen LogP contribution in [0.25, 0.3) is 0 Å². The minimum Gasteiger partial charge on any atom is -0.446 e. The first-order chi connectivity index (χ1) is 7.20. The quantitative estimate of drug-likeness (QED) is 0.406. The number of aliphatic hydroxyl groups is 1. The van der Waals surface area contributed by atoms with Crippen LogP contribution in [-0.2, 0) is 14.2 Å². The summed E-state index contributed by atoms with van der Waals surface area (Å²) in [5.41, 5.74) is 3.83. The highest BCUT2D eigenvalue weighted by molar-refractivity contribution is 5.73. The summed E-state index contributed by atoms with van der Waals surface area (Å²) in [7, 11) is 1.46. The van der Waals surface area contributed by atoms with Crippen LogP contribution in [0.3, 0.4) is 0 Å². The fourth-order valence-electron chi connectivity index (χ4n) is 0.530. The van der Waals surface area contributed by atoms with Crippen molar-refractivity contribution in [1.82, 2.24) is 10.9 Å². The molecule has 0 heterocycles. The summed E-state index contributed by atoms with van der Waals surface area (Å²) in [4.78, 5) is 21.5. The molecule has 0 aromatic carbocycles. The molecule has 0 atom stereocenters. The maximum absolute atomic E-state index is 10.8. The summed E-state index contributed by atoms with van der Waals surface area (Å²) >= 11 is 0. The van der Waals surface area contributed by atoms with Gasteiger partial charge in [-0.05, 0) is 0 Å². The van der Waals surface area contributed by atoms with Crippen LogP contribution in [-0.4, -0.2) is 50.8 Å². The average Bonchev–Trinajstić information content (AvgIpc) is 2.24. The molecule has 8 heteroatoms. The van der Waals surface area contributed by atoms with Crippen LogP contribution in [0.2, 0.25) is 0 Å². The molecule has 0 unspecified atom stereocenters. The maximum Gasteiger partial charge on any atom is 0.426 e. The van der Waals surface area contributed by atoms with Gasteiger partial charge in [0.2, 0.25) is 0 Å². The molecular weight excluding hydrogens is 208 g/mol. The predicted octanol–water partition coefficient (Wildman–Crippen LogP) is -1.01. The lowest BCUT2D eigenvalue weighted by atomic mass is 10.8. The fraction of sp³-hybridized carbons (Fsp3) is 0.714. The van der Waals surface area contributed by atoms with Gasteiger partial charge in [0, 0.05) is 7.11 Å². The van der Waals surface area contributed by atoms with Gasteiger partial charge < -0.3 is 19.3 Å². The first-order valence-electron chi connectivity index (χ1n) is 4.16. The van der Waals surface area contributed by atoms with Crippen molar-refractivity contribution in [2.24, 2.45) is 0 Å². The Labute approximate surface area is 86.5 Å². The SMILES string of the molecule is COCCOC(=O)NNC(=O)OCCO. The van der Waals surface area contributed by atoms with Gasteiger partial charge in [0.05, 0.1) is 13.2 Å². The molecule has 0 radical (unpaired) electrons. The van der Waals surface area contributed by atoms with Gasteiger partial charge in [-0.25, -0.2) is 20.4 Å². The maximum atomic E-state index is 10.8. The van der Waals surface area contributed by atoms with E-state index in [1.165, 1.54) is 7.11 Å². The number of nitrogens with one attached hydrogen (secondary N) is 2. The highest BCUT2D eigenvalue weighted by Crippen LogP contribution is 1.78. The molecule has 0 aliphatic rings. The van der Waals surface area contributed by atoms with Crippen LogP contribution < -0.4 is 10.9 Å². The molecule has 0 aromatic heterocycles. The van der Waals surface area contributed by atoms with Crippen LogP contribution in [0, 0.1) is 0 Å². The Morgan fingerprint density at radius 3 is 2.07 bits per heavy atom. The van der Waals surface area contributed by atoms with Gasteiger partial charge in [-0.15, -0.1) is 0 Å². The zero-order chi connectivity index (χ0) is 11.5. The van der Waals surface area contributed by atoms with Crippen LogP contribution in [0.1, 0.15) is 0 Å². The lowest BCUT2D eigenvalue weighted by Gasteiger charge is -2.07. The highest BCUT2D eigenvalue weighted by Gasteiger charge is 2.04. The number of hydrogen-bond acceptors (Lipinski definition) is 6. The predicted molar refractivity (Wildman–Crippen MR) is 47.9 cm³/mol. The molecule has 0 saturated carbocycles. The van der Waals surface area contributed by atoms with E-state index in [1.807, 2.05) is 10.9 Å². The van der Waals surface area contributed by atoms with Gasteiger partial charge in [-0.2, -0.15) is 0 Å². The van der Waals surface area contributed by atoms with Crippen molar-refractivity contribution < 1.29 is 28.9 Å². The number of aliphatic hydroxyl groups excluding tert-OH is 1. The summed E-state index contributed by atoms with van der Waals surface area (Å²) in [6.45, 7) is -0.0873. The van der Waals surface area contributed by atoms with Gasteiger partial charge >= 0.3 is 12.2 Å². The molecule has 0 saturated heterocycles. The van der Waals surface area contributed by atoms with Gasteiger partial charge in [-0.3, -0.25) is 0 Å². The van der Waals surface area contributed by atoms with Crippen molar-refractivity contribution in [1.29, 1.82) is 0 Å². The number of ether oxygens (including phenoxy) is 3. The van der Waals surface area contributed by atoms with Gasteiger partial charge in [0.15, 0.2) is 0 Å². The van der Waals surface area contributed by atoms with E-state index in [4.69, 9.17) is 5.11 Å². The van der Waals surface area contributed by atoms with Crippen LogP contribution in [0.5, 0.6) is 0 Å². The van der Waals surface area contributed by atoms with Gasteiger partial charge in [-0.1, -0.05) is 0 Å². The molecule has 0 aliphatic carbocycles. The zero-order valence-corrected chi connectivity index (χ0v) is 8.32. The van der Waals surface area contributed by atoms with Crippen molar-refractivity contribution in [2.75, 3.05) is 33.5 Å². The van der Waals surface area contributed by atoms with Crippen molar-refractivity contribution in [3.63, 3.8) is 0 Å².